The van der Waals surface area contributed by atoms with E-state index in [4.69, 9.17) is 15.9 Å². The van der Waals surface area contributed by atoms with E-state index in [1.807, 2.05) is 7.05 Å². The second-order valence-corrected chi connectivity index (χ2v) is 3.95. The minimum Gasteiger partial charge on any atom is -0.437 e. The second-order valence-electron chi connectivity index (χ2n) is 3.95. The van der Waals surface area contributed by atoms with Crippen molar-refractivity contribution in [3.63, 3.8) is 0 Å². The fourth-order valence-corrected chi connectivity index (χ4v) is 1.44. The summed E-state index contributed by atoms with van der Waals surface area (Å²) in [6, 6.07) is 0. The molecule has 0 bridgehead atoms. The average molecular weight is 202 g/mol. The molecular weight excluding hydrogens is 182 g/mol. The lowest BCUT2D eigenvalue weighted by atomic mass is 9.93. The molecule has 1 saturated heterocycles. The van der Waals surface area contributed by atoms with Gasteiger partial charge in [-0.1, -0.05) is 0 Å². The highest BCUT2D eigenvalue weighted by molar-refractivity contribution is 5.68. The summed E-state index contributed by atoms with van der Waals surface area (Å²) >= 11 is 0. The molecule has 0 radical (unpaired) electrons. The summed E-state index contributed by atoms with van der Waals surface area (Å²) in [5.74, 6) is 0. The van der Waals surface area contributed by atoms with Crippen LogP contribution in [-0.4, -0.2) is 59.8 Å². The number of piperidine rings is 1. The molecule has 1 fully saturated rings. The van der Waals surface area contributed by atoms with Gasteiger partial charge in [-0.25, -0.2) is 0 Å². The van der Waals surface area contributed by atoms with Crippen LogP contribution in [0, 0.1) is 0 Å². The molecule has 0 amide bonds. The number of aliphatic imine (C=N–C) groups is 1. The van der Waals surface area contributed by atoms with Crippen molar-refractivity contribution < 1.29 is 10.2 Å². The first-order chi connectivity index (χ1) is 6.56. The molecule has 1 aliphatic heterocycles. The third kappa shape index (κ3) is 3.34. The first-order valence-corrected chi connectivity index (χ1v) is 4.92. The van der Waals surface area contributed by atoms with Gasteiger partial charge in [0, 0.05) is 32.5 Å². The van der Waals surface area contributed by atoms with E-state index in [1.54, 1.807) is 6.21 Å². The van der Waals surface area contributed by atoms with Crippen molar-refractivity contribution in [1.29, 1.82) is 0 Å². The van der Waals surface area contributed by atoms with Crippen molar-refractivity contribution in [2.24, 2.45) is 10.7 Å². The molecule has 0 spiro atoms. The highest BCUT2D eigenvalue weighted by atomic mass is 16.3. The predicted octanol–water partition coefficient (Wildman–Crippen LogP) is -1.48. The zero-order valence-electron chi connectivity index (χ0n) is 8.61. The van der Waals surface area contributed by atoms with Crippen molar-refractivity contribution >= 4 is 6.21 Å². The molecule has 1 rings (SSSR count). The van der Waals surface area contributed by atoms with E-state index < -0.39 is 11.8 Å². The standard InChI is InChI=1S/C9H19N3O2/c1-12-4-2-9(14,3-5-12)7-11-8(13)6-10/h7-8,13-14H,2-6,10H2,1H3/p+1. The summed E-state index contributed by atoms with van der Waals surface area (Å²) < 4.78 is 0. The zero-order valence-corrected chi connectivity index (χ0v) is 8.61. The molecule has 5 N–H and O–H groups in total. The van der Waals surface area contributed by atoms with Gasteiger partial charge in [0.2, 0.25) is 5.60 Å². The number of likely N-dealkylation sites (tertiary alicyclic amines) is 1. The van der Waals surface area contributed by atoms with Gasteiger partial charge < -0.3 is 20.8 Å². The van der Waals surface area contributed by atoms with E-state index in [0.717, 1.165) is 25.9 Å². The smallest absolute Gasteiger partial charge is 0.202 e. The first-order valence-electron chi connectivity index (χ1n) is 4.92. The summed E-state index contributed by atoms with van der Waals surface area (Å²) in [4.78, 5) is 6.06. The van der Waals surface area contributed by atoms with Crippen LogP contribution in [0.1, 0.15) is 12.8 Å². The van der Waals surface area contributed by atoms with Crippen molar-refractivity contribution in [3.8, 4) is 0 Å². The highest BCUT2D eigenvalue weighted by Crippen LogP contribution is 2.19. The SMILES string of the molecule is CN1CCC([OH2+])(C=NC(O)CN)CC1. The van der Waals surface area contributed by atoms with E-state index in [0.29, 0.717) is 0 Å². The quantitative estimate of drug-likeness (QED) is 0.432. The number of rotatable bonds is 3. The van der Waals surface area contributed by atoms with Gasteiger partial charge in [-0.3, -0.25) is 4.99 Å². The number of hydrogen-bond acceptors (Lipinski definition) is 4. The van der Waals surface area contributed by atoms with Crippen molar-refractivity contribution in [2.75, 3.05) is 26.7 Å². The van der Waals surface area contributed by atoms with E-state index in [-0.39, 0.29) is 6.54 Å². The largest absolute Gasteiger partial charge is 0.437 e. The van der Waals surface area contributed by atoms with Crippen LogP contribution in [-0.2, 0) is 0 Å². The summed E-state index contributed by atoms with van der Waals surface area (Å²) in [5, 5.41) is 17.2. The van der Waals surface area contributed by atoms with Gasteiger partial charge in [0.1, 0.15) is 0 Å². The molecule has 0 aromatic carbocycles. The lowest BCUT2D eigenvalue weighted by molar-refractivity contribution is 0.0464. The molecule has 0 aromatic rings. The average Bonchev–Trinajstić information content (AvgIpc) is 2.20. The first kappa shape index (κ1) is 11.6. The van der Waals surface area contributed by atoms with Crippen LogP contribution in [0.25, 0.3) is 0 Å². The minimum atomic E-state index is -0.850. The van der Waals surface area contributed by atoms with Gasteiger partial charge in [-0.15, -0.1) is 0 Å². The summed E-state index contributed by atoms with van der Waals surface area (Å²) in [7, 11) is 2.05. The maximum atomic E-state index is 9.14. The van der Waals surface area contributed by atoms with Crippen molar-refractivity contribution in [1.82, 2.24) is 4.90 Å². The van der Waals surface area contributed by atoms with Crippen LogP contribution in [0.4, 0.5) is 0 Å². The fraction of sp³-hybridized carbons (Fsp3) is 0.889. The van der Waals surface area contributed by atoms with Gasteiger partial charge in [-0.2, -0.15) is 0 Å². The molecule has 82 valence electrons. The Kier molecular flexibility index (Phi) is 4.00. The topological polar surface area (TPSA) is 84.8 Å². The van der Waals surface area contributed by atoms with E-state index in [9.17, 15) is 0 Å². The number of nitrogens with zero attached hydrogens (tertiary/aromatic N) is 2. The Morgan fingerprint density at radius 2 is 2.21 bits per heavy atom. The molecule has 0 aromatic heterocycles. The van der Waals surface area contributed by atoms with Crippen LogP contribution >= 0.6 is 0 Å². The minimum absolute atomic E-state index is 0.118. The Morgan fingerprint density at radius 1 is 1.64 bits per heavy atom. The van der Waals surface area contributed by atoms with E-state index in [1.165, 1.54) is 0 Å². The van der Waals surface area contributed by atoms with Crippen LogP contribution in [0.5, 0.6) is 0 Å². The molecule has 0 saturated carbocycles. The number of hydrogen-bond donors (Lipinski definition) is 2. The summed E-state index contributed by atoms with van der Waals surface area (Å²) in [6.07, 6.45) is 2.24. The molecule has 1 unspecified atom stereocenters. The maximum absolute atomic E-state index is 9.14. The molecule has 5 nitrogen and oxygen atoms in total. The van der Waals surface area contributed by atoms with Crippen molar-refractivity contribution in [3.05, 3.63) is 0 Å². The molecular formula is C9H20N3O2+. The molecule has 0 aliphatic carbocycles. The third-order valence-corrected chi connectivity index (χ3v) is 2.58. The molecule has 14 heavy (non-hydrogen) atoms. The summed E-state index contributed by atoms with van der Waals surface area (Å²) in [6.45, 7) is 1.94. The van der Waals surface area contributed by atoms with E-state index >= 15 is 0 Å². The second kappa shape index (κ2) is 4.84. The van der Waals surface area contributed by atoms with Gasteiger partial charge in [-0.05, 0) is 7.05 Å². The monoisotopic (exact) mass is 202 g/mol. The fourth-order valence-electron chi connectivity index (χ4n) is 1.44. The van der Waals surface area contributed by atoms with Gasteiger partial charge >= 0.3 is 0 Å². The molecule has 1 aliphatic rings. The predicted molar refractivity (Wildman–Crippen MR) is 56.6 cm³/mol. The third-order valence-electron chi connectivity index (χ3n) is 2.58. The zero-order chi connectivity index (χ0) is 10.6. The molecule has 1 atom stereocenters. The van der Waals surface area contributed by atoms with Crippen LogP contribution in [0.2, 0.25) is 0 Å². The van der Waals surface area contributed by atoms with Gasteiger partial charge in [0.05, 0.1) is 6.21 Å². The Hall–Kier alpha value is -0.490. The lowest BCUT2D eigenvalue weighted by Gasteiger charge is -2.30. The molecule has 1 heterocycles. The van der Waals surface area contributed by atoms with Crippen LogP contribution in [0.15, 0.2) is 4.99 Å². The normalized spacial score (nSPS) is 25.4. The Bertz CT molecular complexity index is 200. The number of nitrogens with two attached hydrogens (primary N) is 1. The Labute approximate surface area is 84.2 Å². The van der Waals surface area contributed by atoms with Crippen LogP contribution < -0.4 is 5.73 Å². The number of aliphatic hydroxyl groups is 1. The summed E-state index contributed by atoms with van der Waals surface area (Å²) in [5.41, 5.74) is 4.61. The van der Waals surface area contributed by atoms with Crippen LogP contribution in [0.3, 0.4) is 0 Å². The van der Waals surface area contributed by atoms with Gasteiger partial charge in [0.25, 0.3) is 0 Å². The molecule has 5 heteroatoms. The maximum Gasteiger partial charge on any atom is 0.202 e. The van der Waals surface area contributed by atoms with E-state index in [2.05, 4.69) is 9.89 Å². The van der Waals surface area contributed by atoms with Crippen molar-refractivity contribution in [2.45, 2.75) is 24.7 Å². The number of aliphatic hydroxyl groups excluding tert-OH is 1. The lowest BCUT2D eigenvalue weighted by Crippen LogP contribution is -2.44. The van der Waals surface area contributed by atoms with Gasteiger partial charge in [0.15, 0.2) is 6.23 Å². The Morgan fingerprint density at radius 3 is 2.71 bits per heavy atom. The highest BCUT2D eigenvalue weighted by Gasteiger charge is 2.34. The Balaban J connectivity index is 2.46.